The number of carbonyl (C=O) groups excluding carboxylic acids is 1. The molecule has 8 heteroatoms. The minimum Gasteiger partial charge on any atom is -0.340 e. The zero-order chi connectivity index (χ0) is 19.6. The molecule has 0 unspecified atom stereocenters. The molecule has 1 aliphatic carbocycles. The topological polar surface area (TPSA) is 80.9 Å². The van der Waals surface area contributed by atoms with Gasteiger partial charge < -0.3 is 9.84 Å². The third-order valence-corrected chi connectivity index (χ3v) is 7.15. The highest BCUT2D eigenvalue weighted by Gasteiger charge is 2.41. The molecule has 1 N–H and O–H groups in total. The number of hydrogen-bond acceptors (Lipinski definition) is 7. The molecule has 1 aliphatic rings. The Kier molecular flexibility index (Phi) is 5.50. The van der Waals surface area contributed by atoms with Gasteiger partial charge in [-0.2, -0.15) is 4.98 Å². The van der Waals surface area contributed by atoms with Gasteiger partial charge in [0, 0.05) is 29.3 Å². The predicted molar refractivity (Wildman–Crippen MR) is 110 cm³/mol. The van der Waals surface area contributed by atoms with E-state index in [1.165, 1.54) is 5.56 Å². The summed E-state index contributed by atoms with van der Waals surface area (Å²) in [6.45, 7) is 3.77. The van der Waals surface area contributed by atoms with Crippen molar-refractivity contribution < 1.29 is 9.32 Å². The highest BCUT2D eigenvalue weighted by atomic mass is 32.2. The van der Waals surface area contributed by atoms with Crippen LogP contribution < -0.4 is 5.32 Å². The summed E-state index contributed by atoms with van der Waals surface area (Å²) in [6.07, 6.45) is 3.75. The van der Waals surface area contributed by atoms with E-state index in [0.717, 1.165) is 41.5 Å². The van der Waals surface area contributed by atoms with Gasteiger partial charge in [0.25, 0.3) is 5.91 Å². The molecular weight excluding hydrogens is 392 g/mol. The Bertz CT molecular complexity index is 959. The summed E-state index contributed by atoms with van der Waals surface area (Å²) in [5.74, 6) is 1.84. The van der Waals surface area contributed by atoms with Crippen LogP contribution in [0.3, 0.4) is 0 Å². The van der Waals surface area contributed by atoms with E-state index in [-0.39, 0.29) is 5.91 Å². The quantitative estimate of drug-likeness (QED) is 0.592. The minimum absolute atomic E-state index is 0.0981. The van der Waals surface area contributed by atoms with E-state index >= 15 is 0 Å². The number of thiazole rings is 1. The fraction of sp³-hybridized carbons (Fsp3) is 0.400. The number of hydrogen-bond donors (Lipinski definition) is 1. The molecule has 1 fully saturated rings. The van der Waals surface area contributed by atoms with E-state index in [9.17, 15) is 4.79 Å². The summed E-state index contributed by atoms with van der Waals surface area (Å²) in [5.41, 5.74) is 2.34. The molecule has 146 valence electrons. The number of nitrogens with one attached hydrogen (secondary N) is 1. The zero-order valence-electron chi connectivity index (χ0n) is 15.9. The van der Waals surface area contributed by atoms with Crippen molar-refractivity contribution in [1.82, 2.24) is 20.4 Å². The summed E-state index contributed by atoms with van der Waals surface area (Å²) in [7, 11) is 0. The fourth-order valence-electron chi connectivity index (χ4n) is 3.46. The molecule has 4 rings (SSSR count). The summed E-state index contributed by atoms with van der Waals surface area (Å²) in [6, 6.07) is 7.76. The van der Waals surface area contributed by atoms with E-state index in [1.807, 2.05) is 31.2 Å². The number of carbonyl (C=O) groups is 1. The van der Waals surface area contributed by atoms with Crippen molar-refractivity contribution in [3.63, 3.8) is 0 Å². The molecule has 1 saturated carbocycles. The van der Waals surface area contributed by atoms with Gasteiger partial charge in [-0.1, -0.05) is 41.9 Å². The van der Waals surface area contributed by atoms with Gasteiger partial charge >= 0.3 is 0 Å². The van der Waals surface area contributed by atoms with Crippen LogP contribution in [0.1, 0.15) is 59.0 Å². The van der Waals surface area contributed by atoms with Gasteiger partial charge in [0.1, 0.15) is 9.88 Å². The van der Waals surface area contributed by atoms with Gasteiger partial charge in [0.15, 0.2) is 5.82 Å². The second-order valence-corrected chi connectivity index (χ2v) is 9.20. The van der Waals surface area contributed by atoms with E-state index in [0.29, 0.717) is 17.3 Å². The first-order chi connectivity index (χ1) is 13.5. The van der Waals surface area contributed by atoms with Crippen LogP contribution in [0.2, 0.25) is 0 Å². The average Bonchev–Trinajstić information content (AvgIpc) is 3.42. The van der Waals surface area contributed by atoms with Crippen molar-refractivity contribution in [1.29, 1.82) is 0 Å². The molecule has 0 saturated heterocycles. The number of rotatable bonds is 6. The molecule has 0 aliphatic heterocycles. The Balaban J connectivity index is 1.42. The van der Waals surface area contributed by atoms with Crippen LogP contribution in [-0.2, 0) is 11.3 Å². The molecule has 2 heterocycles. The molecule has 6 nitrogen and oxygen atoms in total. The van der Waals surface area contributed by atoms with Crippen molar-refractivity contribution >= 4 is 29.0 Å². The molecule has 3 aromatic rings. The summed E-state index contributed by atoms with van der Waals surface area (Å²) in [5, 5.41) is 9.31. The lowest BCUT2D eigenvalue weighted by Crippen LogP contribution is -2.44. The highest BCUT2D eigenvalue weighted by molar-refractivity contribution is 8.00. The molecule has 0 atom stereocenters. The summed E-state index contributed by atoms with van der Waals surface area (Å²) < 4.78 is 6.22. The van der Waals surface area contributed by atoms with E-state index in [1.54, 1.807) is 30.0 Å². The Morgan fingerprint density at radius 2 is 1.96 bits per heavy atom. The van der Waals surface area contributed by atoms with Crippen LogP contribution in [0.4, 0.5) is 0 Å². The first-order valence-corrected chi connectivity index (χ1v) is 11.2. The summed E-state index contributed by atoms with van der Waals surface area (Å²) >= 11 is 3.38. The van der Waals surface area contributed by atoms with Gasteiger partial charge in [0.2, 0.25) is 5.89 Å². The van der Waals surface area contributed by atoms with E-state index < -0.39 is 5.54 Å². The second-order valence-electron chi connectivity index (χ2n) is 7.12. The van der Waals surface area contributed by atoms with Crippen LogP contribution in [0, 0.1) is 13.8 Å². The Morgan fingerprint density at radius 1 is 1.21 bits per heavy atom. The van der Waals surface area contributed by atoms with E-state index in [4.69, 9.17) is 4.52 Å². The number of aryl methyl sites for hydroxylation is 2. The third-order valence-electron chi connectivity index (χ3n) is 4.94. The molecule has 0 bridgehead atoms. The lowest BCUT2D eigenvalue weighted by atomic mass is 9.95. The van der Waals surface area contributed by atoms with Crippen molar-refractivity contribution in [2.24, 2.45) is 0 Å². The number of benzene rings is 1. The van der Waals surface area contributed by atoms with Gasteiger partial charge in [0.05, 0.1) is 0 Å². The standard InChI is InChI=1S/C20H22N4O2S2/c1-13-11-27-19(21-13)28-12-15-5-7-16(8-6-15)17(25)23-20(9-3-4-10-20)18-22-14(2)26-24-18/h5-8,11H,3-4,9-10,12H2,1-2H3,(H,23,25). The lowest BCUT2D eigenvalue weighted by molar-refractivity contribution is 0.0892. The number of amides is 1. The Hall–Kier alpha value is -2.19. The maximum Gasteiger partial charge on any atom is 0.252 e. The lowest BCUT2D eigenvalue weighted by Gasteiger charge is -2.26. The maximum atomic E-state index is 12.9. The Labute approximate surface area is 172 Å². The molecule has 2 aromatic heterocycles. The SMILES string of the molecule is Cc1csc(SCc2ccc(C(=O)NC3(c4noc(C)n4)CCCC3)cc2)n1. The first-order valence-electron chi connectivity index (χ1n) is 9.31. The van der Waals surface area contributed by atoms with E-state index in [2.05, 4.69) is 25.8 Å². The van der Waals surface area contributed by atoms with Crippen LogP contribution in [0.5, 0.6) is 0 Å². The number of nitrogens with zero attached hydrogens (tertiary/aromatic N) is 3. The molecule has 0 spiro atoms. The minimum atomic E-state index is -0.522. The van der Waals surface area contributed by atoms with Gasteiger partial charge in [-0.15, -0.1) is 11.3 Å². The molecule has 28 heavy (non-hydrogen) atoms. The molecule has 0 radical (unpaired) electrons. The molecule has 1 amide bonds. The van der Waals surface area contributed by atoms with Gasteiger partial charge in [-0.3, -0.25) is 4.79 Å². The monoisotopic (exact) mass is 414 g/mol. The second kappa shape index (κ2) is 8.05. The highest BCUT2D eigenvalue weighted by Crippen LogP contribution is 2.37. The zero-order valence-corrected chi connectivity index (χ0v) is 17.5. The van der Waals surface area contributed by atoms with Crippen LogP contribution >= 0.6 is 23.1 Å². The van der Waals surface area contributed by atoms with Crippen LogP contribution in [0.25, 0.3) is 0 Å². The first kappa shape index (κ1) is 19.1. The maximum absolute atomic E-state index is 12.9. The number of thioether (sulfide) groups is 1. The van der Waals surface area contributed by atoms with Crippen LogP contribution in [0.15, 0.2) is 38.5 Å². The third kappa shape index (κ3) is 4.12. The Morgan fingerprint density at radius 3 is 2.57 bits per heavy atom. The van der Waals surface area contributed by atoms with Gasteiger partial charge in [-0.05, 0) is 37.5 Å². The number of aromatic nitrogens is 3. The predicted octanol–water partition coefficient (Wildman–Crippen LogP) is 4.63. The fourth-order valence-corrected chi connectivity index (χ4v) is 5.27. The van der Waals surface area contributed by atoms with Crippen molar-refractivity contribution in [3.05, 3.63) is 58.2 Å². The largest absolute Gasteiger partial charge is 0.340 e. The molecule has 1 aromatic carbocycles. The van der Waals surface area contributed by atoms with Crippen molar-refractivity contribution in [2.75, 3.05) is 0 Å². The smallest absolute Gasteiger partial charge is 0.252 e. The van der Waals surface area contributed by atoms with Gasteiger partial charge in [-0.25, -0.2) is 4.98 Å². The summed E-state index contributed by atoms with van der Waals surface area (Å²) in [4.78, 5) is 21.7. The normalized spacial score (nSPS) is 15.6. The van der Waals surface area contributed by atoms with Crippen molar-refractivity contribution in [2.45, 2.75) is 55.2 Å². The van der Waals surface area contributed by atoms with Crippen LogP contribution in [-0.4, -0.2) is 21.0 Å². The average molecular weight is 415 g/mol. The molecular formula is C20H22N4O2S2. The van der Waals surface area contributed by atoms with Crippen molar-refractivity contribution in [3.8, 4) is 0 Å².